The van der Waals surface area contributed by atoms with E-state index in [0.717, 1.165) is 6.54 Å². The monoisotopic (exact) mass is 405 g/mol. The van der Waals surface area contributed by atoms with E-state index >= 15 is 0 Å². The van der Waals surface area contributed by atoms with Crippen LogP contribution in [0.5, 0.6) is 0 Å². The third kappa shape index (κ3) is 4.31. The Morgan fingerprint density at radius 3 is 1.89 bits per heavy atom. The zero-order valence-corrected chi connectivity index (χ0v) is 17.3. The highest BCUT2D eigenvalue weighted by Gasteiger charge is 2.44. The minimum Gasteiger partial charge on any atom is -0.481 e. The molecule has 5 heteroatoms. The summed E-state index contributed by atoms with van der Waals surface area (Å²) in [4.78, 5) is 13.9. The molecule has 1 heterocycles. The van der Waals surface area contributed by atoms with E-state index in [2.05, 4.69) is 36.1 Å². The van der Waals surface area contributed by atoms with Crippen LogP contribution in [-0.4, -0.2) is 28.6 Å². The van der Waals surface area contributed by atoms with E-state index in [1.807, 2.05) is 24.3 Å². The largest absolute Gasteiger partial charge is 0.481 e. The minimum atomic E-state index is -0.736. The quantitative estimate of drug-likeness (QED) is 0.649. The van der Waals surface area contributed by atoms with Crippen LogP contribution in [0.4, 0.5) is 0 Å². The van der Waals surface area contributed by atoms with E-state index in [1.54, 1.807) is 13.8 Å². The number of rotatable bonds is 6. The predicted molar refractivity (Wildman–Crippen MR) is 110 cm³/mol. The van der Waals surface area contributed by atoms with Gasteiger partial charge in [-0.15, -0.1) is 0 Å². The van der Waals surface area contributed by atoms with Crippen molar-refractivity contribution in [2.45, 2.75) is 39.3 Å². The lowest BCUT2D eigenvalue weighted by molar-refractivity contribution is -0.149. The zero-order chi connectivity index (χ0) is 19.8. The first-order chi connectivity index (χ1) is 12.7. The third-order valence-electron chi connectivity index (χ3n) is 5.71. The van der Waals surface area contributed by atoms with Gasteiger partial charge in [-0.1, -0.05) is 47.5 Å². The summed E-state index contributed by atoms with van der Waals surface area (Å²) in [7, 11) is 0. The van der Waals surface area contributed by atoms with Gasteiger partial charge >= 0.3 is 5.97 Å². The second-order valence-electron chi connectivity index (χ2n) is 8.10. The number of likely N-dealkylation sites (tertiary alicyclic amines) is 1. The summed E-state index contributed by atoms with van der Waals surface area (Å²) in [6.45, 7) is 6.67. The molecule has 1 fully saturated rings. The number of hydrogen-bond acceptors (Lipinski definition) is 2. The summed E-state index contributed by atoms with van der Waals surface area (Å²) in [5.74, 6) is -0.377. The molecule has 3 nitrogen and oxygen atoms in total. The van der Waals surface area contributed by atoms with Crippen molar-refractivity contribution < 1.29 is 9.90 Å². The van der Waals surface area contributed by atoms with Gasteiger partial charge in [-0.25, -0.2) is 0 Å². The van der Waals surface area contributed by atoms with Crippen LogP contribution in [0, 0.1) is 11.3 Å². The fourth-order valence-corrected chi connectivity index (χ4v) is 4.16. The van der Waals surface area contributed by atoms with Crippen LogP contribution < -0.4 is 0 Å². The van der Waals surface area contributed by atoms with Crippen LogP contribution in [-0.2, 0) is 4.79 Å². The van der Waals surface area contributed by atoms with Gasteiger partial charge in [-0.2, -0.15) is 0 Å². The van der Waals surface area contributed by atoms with Crippen molar-refractivity contribution in [1.82, 2.24) is 4.90 Å². The molecule has 0 aliphatic carbocycles. The lowest BCUT2D eigenvalue weighted by atomic mass is 9.74. The molecule has 0 aromatic heterocycles. The topological polar surface area (TPSA) is 40.5 Å². The highest BCUT2D eigenvalue weighted by atomic mass is 35.5. The van der Waals surface area contributed by atoms with Crippen LogP contribution in [0.1, 0.15) is 44.4 Å². The van der Waals surface area contributed by atoms with Crippen LogP contribution >= 0.6 is 23.2 Å². The first kappa shape index (κ1) is 20.2. The number of halogens is 2. The molecule has 1 aliphatic rings. The van der Waals surface area contributed by atoms with Crippen molar-refractivity contribution in [3.05, 3.63) is 69.7 Å². The van der Waals surface area contributed by atoms with Crippen molar-refractivity contribution in [1.29, 1.82) is 0 Å². The van der Waals surface area contributed by atoms with Crippen LogP contribution in [0.3, 0.4) is 0 Å². The molecule has 2 unspecified atom stereocenters. The number of benzene rings is 2. The van der Waals surface area contributed by atoms with E-state index in [9.17, 15) is 9.90 Å². The first-order valence-corrected chi connectivity index (χ1v) is 9.95. The Labute approximate surface area is 170 Å². The highest BCUT2D eigenvalue weighted by Crippen LogP contribution is 2.43. The van der Waals surface area contributed by atoms with Gasteiger partial charge in [-0.3, -0.25) is 9.69 Å². The summed E-state index contributed by atoms with van der Waals surface area (Å²) >= 11 is 12.2. The van der Waals surface area contributed by atoms with Gasteiger partial charge in [0.05, 0.1) is 11.5 Å². The Balaban J connectivity index is 1.85. The van der Waals surface area contributed by atoms with E-state index in [0.29, 0.717) is 28.4 Å². The van der Waals surface area contributed by atoms with Gasteiger partial charge in [0.2, 0.25) is 0 Å². The fourth-order valence-electron chi connectivity index (χ4n) is 3.91. The molecular weight excluding hydrogens is 381 g/mol. The summed E-state index contributed by atoms with van der Waals surface area (Å²) in [5.41, 5.74) is 1.63. The van der Waals surface area contributed by atoms with Crippen LogP contribution in [0.25, 0.3) is 0 Å². The van der Waals surface area contributed by atoms with Gasteiger partial charge in [-0.05, 0) is 68.5 Å². The fraction of sp³-hybridized carbons (Fsp3) is 0.409. The molecule has 0 saturated carbocycles. The van der Waals surface area contributed by atoms with Crippen LogP contribution in [0.2, 0.25) is 10.0 Å². The van der Waals surface area contributed by atoms with Crippen molar-refractivity contribution in [3.8, 4) is 0 Å². The maximum Gasteiger partial charge on any atom is 0.309 e. The molecule has 2 aromatic rings. The number of carboxylic acids is 1. The molecule has 144 valence electrons. The summed E-state index contributed by atoms with van der Waals surface area (Å²) in [6.07, 6.45) is 0.675. The first-order valence-electron chi connectivity index (χ1n) is 9.19. The van der Waals surface area contributed by atoms with Crippen molar-refractivity contribution in [2.24, 2.45) is 11.3 Å². The average molecular weight is 406 g/mol. The maximum atomic E-state index is 11.5. The molecular formula is C22H25Cl2NO2. The van der Waals surface area contributed by atoms with Crippen LogP contribution in [0.15, 0.2) is 48.5 Å². The van der Waals surface area contributed by atoms with E-state index < -0.39 is 11.4 Å². The Kier molecular flexibility index (Phi) is 5.85. The van der Waals surface area contributed by atoms with Crippen molar-refractivity contribution in [3.63, 3.8) is 0 Å². The van der Waals surface area contributed by atoms with E-state index in [4.69, 9.17) is 23.2 Å². The summed E-state index contributed by atoms with van der Waals surface area (Å²) < 4.78 is 0. The van der Waals surface area contributed by atoms with Gasteiger partial charge in [0, 0.05) is 22.6 Å². The molecule has 0 spiro atoms. The number of hydrogen-bond donors (Lipinski definition) is 1. The standard InChI is InChI=1S/C22H25Cl2NO2/c1-14-17(12-22(2,3)21(26)27)13-25(14)20(15-4-8-18(23)9-5-15)16-6-10-19(24)11-7-16/h4-11,14,17,20H,12-13H2,1-3H3,(H,26,27). The molecule has 1 aliphatic heterocycles. The van der Waals surface area contributed by atoms with Gasteiger partial charge in [0.15, 0.2) is 0 Å². The molecule has 2 aromatic carbocycles. The normalized spacial score (nSPS) is 20.5. The Morgan fingerprint density at radius 2 is 1.52 bits per heavy atom. The van der Waals surface area contributed by atoms with Crippen molar-refractivity contribution in [2.75, 3.05) is 6.54 Å². The van der Waals surface area contributed by atoms with Gasteiger partial charge < -0.3 is 5.11 Å². The SMILES string of the molecule is CC1C(CC(C)(C)C(=O)O)CN1C(c1ccc(Cl)cc1)c1ccc(Cl)cc1. The second kappa shape index (κ2) is 7.83. The third-order valence-corrected chi connectivity index (χ3v) is 6.21. The lowest BCUT2D eigenvalue weighted by Crippen LogP contribution is -2.57. The minimum absolute atomic E-state index is 0.0960. The summed E-state index contributed by atoms with van der Waals surface area (Å²) in [6, 6.07) is 16.3. The highest BCUT2D eigenvalue weighted by molar-refractivity contribution is 6.30. The number of aliphatic carboxylic acids is 1. The van der Waals surface area contributed by atoms with Crippen molar-refractivity contribution >= 4 is 29.2 Å². The number of nitrogens with zero attached hydrogens (tertiary/aromatic N) is 1. The predicted octanol–water partition coefficient (Wildman–Crippen LogP) is 5.90. The molecule has 0 radical (unpaired) electrons. The zero-order valence-electron chi connectivity index (χ0n) is 15.8. The number of carboxylic acid groups (broad SMARTS) is 1. The van der Waals surface area contributed by atoms with E-state index in [1.165, 1.54) is 11.1 Å². The molecule has 1 N–H and O–H groups in total. The summed E-state index contributed by atoms with van der Waals surface area (Å²) in [5, 5.41) is 10.9. The molecule has 1 saturated heterocycles. The molecule has 0 amide bonds. The Bertz CT molecular complexity index is 757. The average Bonchev–Trinajstić information content (AvgIpc) is 2.62. The van der Waals surface area contributed by atoms with Gasteiger partial charge in [0.1, 0.15) is 0 Å². The Morgan fingerprint density at radius 1 is 1.07 bits per heavy atom. The smallest absolute Gasteiger partial charge is 0.309 e. The second-order valence-corrected chi connectivity index (χ2v) is 8.97. The molecule has 2 atom stereocenters. The van der Waals surface area contributed by atoms with Gasteiger partial charge in [0.25, 0.3) is 0 Å². The maximum absolute atomic E-state index is 11.5. The number of carbonyl (C=O) groups is 1. The lowest BCUT2D eigenvalue weighted by Gasteiger charge is -2.52. The Hall–Kier alpha value is -1.55. The van der Waals surface area contributed by atoms with E-state index in [-0.39, 0.29) is 6.04 Å². The molecule has 27 heavy (non-hydrogen) atoms. The molecule has 0 bridgehead atoms. The molecule has 3 rings (SSSR count).